The Morgan fingerprint density at radius 2 is 2.07 bits per heavy atom. The van der Waals surface area contributed by atoms with E-state index in [0.29, 0.717) is 19.5 Å². The zero-order chi connectivity index (χ0) is 19.7. The van der Waals surface area contributed by atoms with Crippen LogP contribution in [-0.4, -0.2) is 54.3 Å². The van der Waals surface area contributed by atoms with E-state index in [1.807, 2.05) is 17.0 Å². The number of nitrogens with zero attached hydrogens (tertiary/aromatic N) is 2. The molecule has 0 radical (unpaired) electrons. The van der Waals surface area contributed by atoms with E-state index >= 15 is 0 Å². The maximum absolute atomic E-state index is 12.6. The number of aliphatic carboxylic acids is 1. The number of carbonyl (C=O) groups excluding carboxylic acids is 1. The van der Waals surface area contributed by atoms with Gasteiger partial charge in [-0.15, -0.1) is 0 Å². The molecule has 1 aromatic rings. The lowest BCUT2D eigenvalue weighted by Gasteiger charge is -2.39. The third-order valence-corrected chi connectivity index (χ3v) is 6.33. The number of carboxylic acids is 1. The molecule has 150 valence electrons. The molecule has 1 amide bonds. The summed E-state index contributed by atoms with van der Waals surface area (Å²) < 4.78 is 5.39. The Labute approximate surface area is 165 Å². The minimum absolute atomic E-state index is 0.0828. The minimum atomic E-state index is -0.760. The quantitative estimate of drug-likeness (QED) is 0.818. The number of likely N-dealkylation sites (tertiary alicyclic amines) is 1. The Bertz CT molecular complexity index is 800. The van der Waals surface area contributed by atoms with E-state index in [9.17, 15) is 14.7 Å². The number of rotatable bonds is 6. The van der Waals surface area contributed by atoms with Crippen LogP contribution in [0.5, 0.6) is 5.75 Å². The smallest absolute Gasteiger partial charge is 0.303 e. The van der Waals surface area contributed by atoms with Crippen LogP contribution >= 0.6 is 0 Å². The number of aliphatic imine (C=N–C) groups is 1. The normalized spacial score (nSPS) is 24.3. The van der Waals surface area contributed by atoms with Crippen molar-refractivity contribution >= 4 is 17.6 Å². The molecule has 3 aliphatic rings. The van der Waals surface area contributed by atoms with Crippen LogP contribution in [0.1, 0.15) is 43.2 Å². The summed E-state index contributed by atoms with van der Waals surface area (Å²) in [4.78, 5) is 30.7. The lowest BCUT2D eigenvalue weighted by Crippen LogP contribution is -2.45. The Kier molecular flexibility index (Phi) is 5.38. The van der Waals surface area contributed by atoms with Gasteiger partial charge in [-0.05, 0) is 61.6 Å². The number of hydrogen-bond donors (Lipinski definition) is 1. The Balaban J connectivity index is 1.55. The number of carboxylic acid groups (broad SMARTS) is 1. The standard InChI is InChI=1S/C22H28N2O4/c1-28-18-5-4-14-6-8-23-20(19(14)12-18)10-17-13-24(22(27)15-2-3-15)9-7-16(17)11-21(25)26/h4-5,12,15-17H,2-3,6-11,13H2,1H3,(H,25,26). The third-order valence-electron chi connectivity index (χ3n) is 6.33. The second-order valence-electron chi connectivity index (χ2n) is 8.27. The summed E-state index contributed by atoms with van der Waals surface area (Å²) in [7, 11) is 1.66. The number of ether oxygens (including phenoxy) is 1. The van der Waals surface area contributed by atoms with E-state index in [4.69, 9.17) is 9.73 Å². The number of fused-ring (bicyclic) bond motifs is 1. The maximum Gasteiger partial charge on any atom is 0.303 e. The number of methoxy groups -OCH3 is 1. The average molecular weight is 384 g/mol. The molecule has 1 aliphatic carbocycles. The maximum atomic E-state index is 12.6. The van der Waals surface area contributed by atoms with E-state index in [-0.39, 0.29) is 30.1 Å². The molecule has 0 aromatic heterocycles. The highest BCUT2D eigenvalue weighted by Crippen LogP contribution is 2.36. The van der Waals surface area contributed by atoms with E-state index in [1.165, 1.54) is 5.56 Å². The molecule has 1 N–H and O–H groups in total. The number of benzene rings is 1. The largest absolute Gasteiger partial charge is 0.497 e. The summed E-state index contributed by atoms with van der Waals surface area (Å²) in [6.45, 7) is 2.09. The second kappa shape index (κ2) is 7.94. The average Bonchev–Trinajstić information content (AvgIpc) is 3.53. The molecule has 2 fully saturated rings. The number of hydrogen-bond acceptors (Lipinski definition) is 4. The molecule has 1 saturated carbocycles. The van der Waals surface area contributed by atoms with Crippen LogP contribution in [0.25, 0.3) is 0 Å². The molecule has 4 rings (SSSR count). The van der Waals surface area contributed by atoms with Crippen molar-refractivity contribution in [2.75, 3.05) is 26.7 Å². The molecule has 2 heterocycles. The monoisotopic (exact) mass is 384 g/mol. The minimum Gasteiger partial charge on any atom is -0.497 e. The first-order valence-electron chi connectivity index (χ1n) is 10.3. The van der Waals surface area contributed by atoms with Crippen molar-refractivity contribution in [3.8, 4) is 5.75 Å². The molecule has 2 unspecified atom stereocenters. The summed E-state index contributed by atoms with van der Waals surface area (Å²) in [6.07, 6.45) is 4.55. The molecule has 6 heteroatoms. The topological polar surface area (TPSA) is 79.2 Å². The van der Waals surface area contributed by atoms with Crippen LogP contribution in [0.2, 0.25) is 0 Å². The highest BCUT2D eigenvalue weighted by Gasteiger charge is 2.39. The van der Waals surface area contributed by atoms with Crippen LogP contribution in [0.4, 0.5) is 0 Å². The fraction of sp³-hybridized carbons (Fsp3) is 0.591. The van der Waals surface area contributed by atoms with Crippen LogP contribution in [0.3, 0.4) is 0 Å². The molecule has 0 bridgehead atoms. The Morgan fingerprint density at radius 3 is 2.79 bits per heavy atom. The lowest BCUT2D eigenvalue weighted by atomic mass is 9.78. The van der Waals surface area contributed by atoms with Crippen molar-refractivity contribution in [2.24, 2.45) is 22.7 Å². The summed E-state index contributed by atoms with van der Waals surface area (Å²) in [5.74, 6) is 0.720. The van der Waals surface area contributed by atoms with Gasteiger partial charge in [-0.2, -0.15) is 0 Å². The molecule has 1 aromatic carbocycles. The molecular formula is C22H28N2O4. The SMILES string of the molecule is COc1ccc2c(c1)C(CC1CN(C(=O)C3CC3)CCC1CC(=O)O)=NCC2. The van der Waals surface area contributed by atoms with E-state index in [0.717, 1.165) is 49.3 Å². The number of carbonyl (C=O) groups is 2. The van der Waals surface area contributed by atoms with Crippen LogP contribution < -0.4 is 4.74 Å². The zero-order valence-corrected chi connectivity index (χ0v) is 16.4. The van der Waals surface area contributed by atoms with Gasteiger partial charge in [0.2, 0.25) is 5.91 Å². The first-order chi connectivity index (χ1) is 13.5. The molecular weight excluding hydrogens is 356 g/mol. The summed E-state index contributed by atoms with van der Waals surface area (Å²) in [5.41, 5.74) is 3.41. The van der Waals surface area contributed by atoms with Gasteiger partial charge >= 0.3 is 5.97 Å². The second-order valence-corrected chi connectivity index (χ2v) is 8.27. The first kappa shape index (κ1) is 19.0. The predicted molar refractivity (Wildman–Crippen MR) is 106 cm³/mol. The van der Waals surface area contributed by atoms with Crippen LogP contribution in [0.15, 0.2) is 23.2 Å². The van der Waals surface area contributed by atoms with Gasteiger partial charge in [-0.1, -0.05) is 6.07 Å². The summed E-state index contributed by atoms with van der Waals surface area (Å²) in [6, 6.07) is 6.11. The van der Waals surface area contributed by atoms with Crippen molar-refractivity contribution in [2.45, 2.75) is 38.5 Å². The van der Waals surface area contributed by atoms with E-state index in [1.54, 1.807) is 7.11 Å². The summed E-state index contributed by atoms with van der Waals surface area (Å²) >= 11 is 0. The Hall–Kier alpha value is -2.37. The fourth-order valence-corrected chi connectivity index (χ4v) is 4.58. The zero-order valence-electron chi connectivity index (χ0n) is 16.4. The number of amides is 1. The fourth-order valence-electron chi connectivity index (χ4n) is 4.58. The molecule has 2 atom stereocenters. The van der Waals surface area contributed by atoms with Gasteiger partial charge in [0.1, 0.15) is 5.75 Å². The molecule has 1 saturated heterocycles. The van der Waals surface area contributed by atoms with Gasteiger partial charge in [0.25, 0.3) is 0 Å². The lowest BCUT2D eigenvalue weighted by molar-refractivity contribution is -0.140. The van der Waals surface area contributed by atoms with Gasteiger partial charge in [-0.3, -0.25) is 14.6 Å². The van der Waals surface area contributed by atoms with Crippen molar-refractivity contribution in [3.63, 3.8) is 0 Å². The highest BCUT2D eigenvalue weighted by molar-refractivity contribution is 6.03. The number of piperidine rings is 1. The van der Waals surface area contributed by atoms with E-state index in [2.05, 4.69) is 6.07 Å². The summed E-state index contributed by atoms with van der Waals surface area (Å²) in [5, 5.41) is 9.36. The van der Waals surface area contributed by atoms with Crippen molar-refractivity contribution in [1.82, 2.24) is 4.90 Å². The van der Waals surface area contributed by atoms with Crippen molar-refractivity contribution in [3.05, 3.63) is 29.3 Å². The molecule has 28 heavy (non-hydrogen) atoms. The van der Waals surface area contributed by atoms with Gasteiger partial charge in [0.15, 0.2) is 0 Å². The van der Waals surface area contributed by atoms with Gasteiger partial charge in [0.05, 0.1) is 7.11 Å². The van der Waals surface area contributed by atoms with Gasteiger partial charge in [-0.25, -0.2) is 0 Å². The predicted octanol–water partition coefficient (Wildman–Crippen LogP) is 2.78. The van der Waals surface area contributed by atoms with E-state index < -0.39 is 5.97 Å². The van der Waals surface area contributed by atoms with Gasteiger partial charge < -0.3 is 14.7 Å². The molecule has 6 nitrogen and oxygen atoms in total. The van der Waals surface area contributed by atoms with Crippen molar-refractivity contribution in [1.29, 1.82) is 0 Å². The Morgan fingerprint density at radius 1 is 1.25 bits per heavy atom. The highest BCUT2D eigenvalue weighted by atomic mass is 16.5. The van der Waals surface area contributed by atoms with Gasteiger partial charge in [0, 0.05) is 43.2 Å². The molecule has 2 aliphatic heterocycles. The molecule has 0 spiro atoms. The van der Waals surface area contributed by atoms with Crippen molar-refractivity contribution < 1.29 is 19.4 Å². The third kappa shape index (κ3) is 4.05. The first-order valence-corrected chi connectivity index (χ1v) is 10.3. The van der Waals surface area contributed by atoms with Crippen LogP contribution in [-0.2, 0) is 16.0 Å². The van der Waals surface area contributed by atoms with Crippen LogP contribution in [0, 0.1) is 17.8 Å².